The smallest absolute Gasteiger partial charge is 0.364 e. The van der Waals surface area contributed by atoms with Crippen molar-refractivity contribution in [3.8, 4) is 0 Å². The molecule has 1 aromatic rings. The molecule has 4 nitrogen and oxygen atoms in total. The van der Waals surface area contributed by atoms with E-state index < -0.39 is 11.8 Å². The van der Waals surface area contributed by atoms with E-state index in [1.54, 1.807) is 0 Å². The van der Waals surface area contributed by atoms with Crippen LogP contribution in [0.3, 0.4) is 0 Å². The standard InChI is InChI=1S/C7H5FN2O2/c8-6(7(11)12)3-5-4-9-1-2-10-5/h1-4H,(H,11,12)/b6-3+. The minimum atomic E-state index is -1.61. The number of hydrogen-bond acceptors (Lipinski definition) is 3. The fraction of sp³-hybridized carbons (Fsp3) is 0. The van der Waals surface area contributed by atoms with Crippen LogP contribution in [-0.4, -0.2) is 21.0 Å². The number of aromatic nitrogens is 2. The Bertz CT molecular complexity index is 310. The van der Waals surface area contributed by atoms with Gasteiger partial charge in [0.2, 0.25) is 5.83 Å². The molecule has 62 valence electrons. The van der Waals surface area contributed by atoms with E-state index in [0.717, 1.165) is 6.08 Å². The molecule has 1 rings (SSSR count). The van der Waals surface area contributed by atoms with Gasteiger partial charge in [-0.05, 0) is 0 Å². The molecule has 1 aromatic heterocycles. The van der Waals surface area contributed by atoms with E-state index in [9.17, 15) is 9.18 Å². The Balaban J connectivity index is 2.89. The monoisotopic (exact) mass is 168 g/mol. The van der Waals surface area contributed by atoms with Crippen molar-refractivity contribution >= 4 is 12.0 Å². The third-order valence-corrected chi connectivity index (χ3v) is 1.06. The van der Waals surface area contributed by atoms with Crippen molar-refractivity contribution in [3.05, 3.63) is 30.1 Å². The van der Waals surface area contributed by atoms with Gasteiger partial charge in [-0.3, -0.25) is 9.97 Å². The molecule has 0 aliphatic carbocycles. The summed E-state index contributed by atoms with van der Waals surface area (Å²) < 4.78 is 12.4. The highest BCUT2D eigenvalue weighted by Crippen LogP contribution is 2.03. The summed E-state index contributed by atoms with van der Waals surface area (Å²) in [5.41, 5.74) is 0.178. The zero-order valence-electron chi connectivity index (χ0n) is 5.94. The molecule has 1 heterocycles. The van der Waals surface area contributed by atoms with Crippen LogP contribution in [-0.2, 0) is 4.79 Å². The number of carbonyl (C=O) groups is 1. The second-order valence-electron chi connectivity index (χ2n) is 1.93. The van der Waals surface area contributed by atoms with Crippen molar-refractivity contribution in [2.45, 2.75) is 0 Å². The Labute approximate surface area is 67.4 Å². The van der Waals surface area contributed by atoms with Crippen LogP contribution in [0.25, 0.3) is 6.08 Å². The minimum Gasteiger partial charge on any atom is -0.476 e. The van der Waals surface area contributed by atoms with E-state index in [0.29, 0.717) is 0 Å². The predicted molar refractivity (Wildman–Crippen MR) is 38.8 cm³/mol. The zero-order valence-corrected chi connectivity index (χ0v) is 5.94. The van der Waals surface area contributed by atoms with Crippen molar-refractivity contribution in [1.29, 1.82) is 0 Å². The maximum Gasteiger partial charge on any atom is 0.364 e. The fourth-order valence-corrected chi connectivity index (χ4v) is 0.577. The molecule has 0 amide bonds. The first-order valence-corrected chi connectivity index (χ1v) is 3.06. The first-order chi connectivity index (χ1) is 5.70. The maximum absolute atomic E-state index is 12.4. The molecule has 0 radical (unpaired) electrons. The van der Waals surface area contributed by atoms with Crippen molar-refractivity contribution in [3.63, 3.8) is 0 Å². The average Bonchev–Trinajstić information content (AvgIpc) is 2.06. The third-order valence-electron chi connectivity index (χ3n) is 1.06. The molecule has 1 N–H and O–H groups in total. The summed E-state index contributed by atoms with van der Waals surface area (Å²) in [5.74, 6) is -2.86. The van der Waals surface area contributed by atoms with Gasteiger partial charge < -0.3 is 5.11 Å². The summed E-state index contributed by atoms with van der Waals surface area (Å²) in [6.45, 7) is 0. The molecule has 0 saturated carbocycles. The molecule has 0 aromatic carbocycles. The second kappa shape index (κ2) is 3.56. The van der Waals surface area contributed by atoms with Gasteiger partial charge in [0, 0.05) is 18.5 Å². The van der Waals surface area contributed by atoms with Crippen LogP contribution in [0.5, 0.6) is 0 Å². The van der Waals surface area contributed by atoms with Crippen molar-refractivity contribution in [1.82, 2.24) is 9.97 Å². The van der Waals surface area contributed by atoms with Crippen LogP contribution in [0.4, 0.5) is 4.39 Å². The lowest BCUT2D eigenvalue weighted by molar-refractivity contribution is -0.134. The van der Waals surface area contributed by atoms with E-state index in [-0.39, 0.29) is 5.69 Å². The normalized spacial score (nSPS) is 11.2. The largest absolute Gasteiger partial charge is 0.476 e. The number of nitrogens with zero attached hydrogens (tertiary/aromatic N) is 2. The second-order valence-corrected chi connectivity index (χ2v) is 1.93. The Morgan fingerprint density at radius 2 is 2.33 bits per heavy atom. The predicted octanol–water partition coefficient (Wildman–Crippen LogP) is 0.872. The van der Waals surface area contributed by atoms with Crippen LogP contribution >= 0.6 is 0 Å². The maximum atomic E-state index is 12.4. The first kappa shape index (κ1) is 8.32. The van der Waals surface area contributed by atoms with Crippen LogP contribution < -0.4 is 0 Å². The van der Waals surface area contributed by atoms with Gasteiger partial charge in [-0.2, -0.15) is 4.39 Å². The topological polar surface area (TPSA) is 63.1 Å². The van der Waals surface area contributed by atoms with Crippen LogP contribution in [0.1, 0.15) is 5.69 Å². The van der Waals surface area contributed by atoms with Crippen LogP contribution in [0.2, 0.25) is 0 Å². The van der Waals surface area contributed by atoms with Gasteiger partial charge in [-0.1, -0.05) is 0 Å². The summed E-state index contributed by atoms with van der Waals surface area (Å²) in [7, 11) is 0. The lowest BCUT2D eigenvalue weighted by Gasteiger charge is -1.89. The molecular weight excluding hydrogens is 163 g/mol. The van der Waals surface area contributed by atoms with Crippen molar-refractivity contribution in [2.24, 2.45) is 0 Å². The molecule has 0 unspecified atom stereocenters. The Morgan fingerprint density at radius 3 is 2.83 bits per heavy atom. The number of carboxylic acids is 1. The van der Waals surface area contributed by atoms with Gasteiger partial charge in [0.1, 0.15) is 0 Å². The molecule has 0 aliphatic heterocycles. The van der Waals surface area contributed by atoms with Gasteiger partial charge in [0.15, 0.2) is 0 Å². The first-order valence-electron chi connectivity index (χ1n) is 3.06. The highest BCUT2D eigenvalue weighted by molar-refractivity contribution is 5.89. The van der Waals surface area contributed by atoms with E-state index >= 15 is 0 Å². The van der Waals surface area contributed by atoms with Gasteiger partial charge in [0.25, 0.3) is 0 Å². The average molecular weight is 168 g/mol. The Kier molecular flexibility index (Phi) is 2.47. The van der Waals surface area contributed by atoms with Crippen molar-refractivity contribution in [2.75, 3.05) is 0 Å². The van der Waals surface area contributed by atoms with Gasteiger partial charge in [-0.25, -0.2) is 4.79 Å². The van der Waals surface area contributed by atoms with E-state index in [1.807, 2.05) is 0 Å². The highest BCUT2D eigenvalue weighted by atomic mass is 19.1. The molecule has 12 heavy (non-hydrogen) atoms. The number of aliphatic carboxylic acids is 1. The quantitative estimate of drug-likeness (QED) is 0.665. The third kappa shape index (κ3) is 2.12. The fourth-order valence-electron chi connectivity index (χ4n) is 0.577. The molecule has 0 bridgehead atoms. The molecule has 0 aliphatic rings. The van der Waals surface area contributed by atoms with Gasteiger partial charge >= 0.3 is 5.97 Å². The van der Waals surface area contributed by atoms with Gasteiger partial charge in [-0.15, -0.1) is 0 Å². The van der Waals surface area contributed by atoms with E-state index in [4.69, 9.17) is 5.11 Å². The van der Waals surface area contributed by atoms with Crippen LogP contribution in [0.15, 0.2) is 24.4 Å². The molecule has 0 fully saturated rings. The minimum absolute atomic E-state index is 0.178. The zero-order chi connectivity index (χ0) is 8.97. The highest BCUT2D eigenvalue weighted by Gasteiger charge is 2.04. The van der Waals surface area contributed by atoms with E-state index in [2.05, 4.69) is 9.97 Å². The lowest BCUT2D eigenvalue weighted by Crippen LogP contribution is -1.94. The van der Waals surface area contributed by atoms with E-state index in [1.165, 1.54) is 18.6 Å². The summed E-state index contributed by atoms with van der Waals surface area (Å²) in [5, 5.41) is 8.15. The number of rotatable bonds is 2. The number of carboxylic acid groups (broad SMARTS) is 1. The Morgan fingerprint density at radius 1 is 1.58 bits per heavy atom. The van der Waals surface area contributed by atoms with Gasteiger partial charge in [0.05, 0.1) is 11.9 Å². The van der Waals surface area contributed by atoms with Crippen molar-refractivity contribution < 1.29 is 14.3 Å². The molecular formula is C7H5FN2O2. The lowest BCUT2D eigenvalue weighted by atomic mass is 10.4. The molecule has 5 heteroatoms. The SMILES string of the molecule is O=C(O)/C(F)=C\c1cnccn1. The number of hydrogen-bond donors (Lipinski definition) is 1. The number of halogens is 1. The molecule has 0 atom stereocenters. The molecule has 0 spiro atoms. The summed E-state index contributed by atoms with van der Waals surface area (Å²) in [6.07, 6.45) is 4.83. The Hall–Kier alpha value is -1.78. The van der Waals surface area contributed by atoms with Crippen LogP contribution in [0, 0.1) is 0 Å². The summed E-state index contributed by atoms with van der Waals surface area (Å²) in [4.78, 5) is 17.3. The summed E-state index contributed by atoms with van der Waals surface area (Å²) in [6, 6.07) is 0. The molecule has 0 saturated heterocycles. The summed E-state index contributed by atoms with van der Waals surface area (Å²) >= 11 is 0.